The molecule has 150 valence electrons. The van der Waals surface area contributed by atoms with Gasteiger partial charge in [-0.2, -0.15) is 5.10 Å². The Kier molecular flexibility index (Phi) is 5.48. The van der Waals surface area contributed by atoms with Crippen LogP contribution >= 0.6 is 0 Å². The molecule has 0 bridgehead atoms. The van der Waals surface area contributed by atoms with Crippen molar-refractivity contribution in [3.63, 3.8) is 0 Å². The molecule has 0 unspecified atom stereocenters. The Balaban J connectivity index is 1.51. The Bertz CT molecular complexity index is 962. The Morgan fingerprint density at radius 1 is 1.21 bits per heavy atom. The molecule has 0 radical (unpaired) electrons. The van der Waals surface area contributed by atoms with Crippen molar-refractivity contribution in [2.24, 2.45) is 5.10 Å². The van der Waals surface area contributed by atoms with Crippen LogP contribution in [0, 0.1) is 0 Å². The van der Waals surface area contributed by atoms with E-state index < -0.39 is 0 Å². The zero-order valence-corrected chi connectivity index (χ0v) is 16.4. The Labute approximate surface area is 168 Å². The first-order valence-electron chi connectivity index (χ1n) is 9.50. The highest BCUT2D eigenvalue weighted by molar-refractivity contribution is 6.03. The van der Waals surface area contributed by atoms with E-state index in [9.17, 15) is 4.79 Å². The van der Waals surface area contributed by atoms with Crippen LogP contribution in [-0.2, 0) is 4.79 Å². The normalized spacial score (nSPS) is 17.2. The predicted molar refractivity (Wildman–Crippen MR) is 108 cm³/mol. The third-order valence-corrected chi connectivity index (χ3v) is 4.99. The van der Waals surface area contributed by atoms with Crippen LogP contribution in [0.5, 0.6) is 5.75 Å². The standard InChI is InChI=1S/C22H23N3O4/c1-15(20-5-3-11-28-20)23-14-22(26)25-19(21-6-4-12-29-21)13-18(24-25)16-7-9-17(27-2)10-8-16/h3-12,15,19,23H,13-14H2,1-2H3/t15-,19+/m0/s1. The molecular weight excluding hydrogens is 370 g/mol. The average Bonchev–Trinajstić information content (AvgIpc) is 3.52. The van der Waals surface area contributed by atoms with Gasteiger partial charge in [0.15, 0.2) is 0 Å². The molecule has 0 saturated carbocycles. The number of hydrogen-bond donors (Lipinski definition) is 1. The van der Waals surface area contributed by atoms with Crippen LogP contribution in [-0.4, -0.2) is 30.3 Å². The maximum absolute atomic E-state index is 13.0. The first-order chi connectivity index (χ1) is 14.2. The highest BCUT2D eigenvalue weighted by Gasteiger charge is 2.34. The number of furan rings is 2. The minimum absolute atomic E-state index is 0.0799. The summed E-state index contributed by atoms with van der Waals surface area (Å²) in [4.78, 5) is 13.0. The molecule has 1 aromatic carbocycles. The van der Waals surface area contributed by atoms with Crippen molar-refractivity contribution in [3.8, 4) is 5.75 Å². The lowest BCUT2D eigenvalue weighted by molar-refractivity contribution is -0.132. The number of rotatable bonds is 7. The maximum atomic E-state index is 13.0. The third kappa shape index (κ3) is 4.09. The van der Waals surface area contributed by atoms with Gasteiger partial charge in [-0.3, -0.25) is 10.1 Å². The fourth-order valence-electron chi connectivity index (χ4n) is 3.36. The number of carbonyl (C=O) groups is 1. The number of nitrogens with zero attached hydrogens (tertiary/aromatic N) is 2. The van der Waals surface area contributed by atoms with Gasteiger partial charge in [-0.05, 0) is 61.0 Å². The van der Waals surface area contributed by atoms with Crippen molar-refractivity contribution in [2.75, 3.05) is 13.7 Å². The van der Waals surface area contributed by atoms with E-state index in [2.05, 4.69) is 10.4 Å². The molecule has 3 aromatic rings. The summed E-state index contributed by atoms with van der Waals surface area (Å²) < 4.78 is 16.2. The monoisotopic (exact) mass is 393 g/mol. The Hall–Kier alpha value is -3.32. The molecule has 1 aliphatic heterocycles. The van der Waals surface area contributed by atoms with Crippen LogP contribution in [0.15, 0.2) is 75.0 Å². The summed E-state index contributed by atoms with van der Waals surface area (Å²) in [5.74, 6) is 2.14. The summed E-state index contributed by atoms with van der Waals surface area (Å²) in [6.07, 6.45) is 3.81. The summed E-state index contributed by atoms with van der Waals surface area (Å²) in [5, 5.41) is 9.34. The van der Waals surface area contributed by atoms with Crippen LogP contribution in [0.3, 0.4) is 0 Å². The fraction of sp³-hybridized carbons (Fsp3) is 0.273. The molecule has 4 rings (SSSR count). The molecule has 0 spiro atoms. The number of carbonyl (C=O) groups excluding carboxylic acids is 1. The zero-order valence-electron chi connectivity index (χ0n) is 16.4. The minimum Gasteiger partial charge on any atom is -0.497 e. The highest BCUT2D eigenvalue weighted by atomic mass is 16.5. The largest absolute Gasteiger partial charge is 0.497 e. The molecule has 0 saturated heterocycles. The minimum atomic E-state index is -0.268. The van der Waals surface area contributed by atoms with E-state index in [-0.39, 0.29) is 24.5 Å². The van der Waals surface area contributed by atoms with Crippen LogP contribution in [0.1, 0.15) is 42.5 Å². The van der Waals surface area contributed by atoms with Gasteiger partial charge in [-0.15, -0.1) is 0 Å². The van der Waals surface area contributed by atoms with E-state index in [1.54, 1.807) is 19.6 Å². The van der Waals surface area contributed by atoms with Gasteiger partial charge in [0.25, 0.3) is 5.91 Å². The van der Waals surface area contributed by atoms with Gasteiger partial charge in [-0.1, -0.05) is 0 Å². The molecule has 29 heavy (non-hydrogen) atoms. The van der Waals surface area contributed by atoms with Crippen molar-refractivity contribution < 1.29 is 18.4 Å². The molecule has 1 aliphatic rings. The van der Waals surface area contributed by atoms with Crippen molar-refractivity contribution in [1.29, 1.82) is 0 Å². The first kappa shape index (κ1) is 19.0. The number of ether oxygens (including phenoxy) is 1. The van der Waals surface area contributed by atoms with Crippen LogP contribution in [0.4, 0.5) is 0 Å². The van der Waals surface area contributed by atoms with Crippen LogP contribution in [0.25, 0.3) is 0 Å². The third-order valence-electron chi connectivity index (χ3n) is 4.99. The van der Waals surface area contributed by atoms with E-state index in [0.29, 0.717) is 12.2 Å². The number of methoxy groups -OCH3 is 1. The summed E-state index contributed by atoms with van der Waals surface area (Å²) in [6, 6.07) is 14.7. The summed E-state index contributed by atoms with van der Waals surface area (Å²) in [6.45, 7) is 2.09. The molecule has 3 heterocycles. The van der Waals surface area contributed by atoms with Gasteiger partial charge in [-0.25, -0.2) is 5.01 Å². The van der Waals surface area contributed by atoms with Crippen LogP contribution in [0.2, 0.25) is 0 Å². The molecule has 1 amide bonds. The summed E-state index contributed by atoms with van der Waals surface area (Å²) >= 11 is 0. The number of nitrogens with one attached hydrogen (secondary N) is 1. The molecule has 2 atom stereocenters. The van der Waals surface area contributed by atoms with Gasteiger partial charge >= 0.3 is 0 Å². The lowest BCUT2D eigenvalue weighted by atomic mass is 10.0. The van der Waals surface area contributed by atoms with Gasteiger partial charge in [0, 0.05) is 6.42 Å². The molecule has 2 aromatic heterocycles. The van der Waals surface area contributed by atoms with E-state index in [1.165, 1.54) is 5.01 Å². The number of hydrogen-bond acceptors (Lipinski definition) is 6. The maximum Gasteiger partial charge on any atom is 0.257 e. The van der Waals surface area contributed by atoms with Gasteiger partial charge in [0.1, 0.15) is 23.3 Å². The molecule has 7 nitrogen and oxygen atoms in total. The predicted octanol–water partition coefficient (Wildman–Crippen LogP) is 3.91. The number of hydrazone groups is 1. The Morgan fingerprint density at radius 3 is 2.62 bits per heavy atom. The molecule has 0 aliphatic carbocycles. The SMILES string of the molecule is COc1ccc(C2=NN(C(=O)CN[C@@H](C)c3ccco3)[C@@H](c3ccco3)C2)cc1. The molecule has 1 N–H and O–H groups in total. The lowest BCUT2D eigenvalue weighted by Crippen LogP contribution is -2.36. The molecule has 0 fully saturated rings. The second kappa shape index (κ2) is 8.36. The van der Waals surface area contributed by atoms with E-state index in [1.807, 2.05) is 55.5 Å². The van der Waals surface area contributed by atoms with Crippen molar-refractivity contribution in [3.05, 3.63) is 78.1 Å². The highest BCUT2D eigenvalue weighted by Crippen LogP contribution is 2.33. The Morgan fingerprint density at radius 2 is 1.97 bits per heavy atom. The van der Waals surface area contributed by atoms with Gasteiger partial charge in [0.05, 0.1) is 37.9 Å². The zero-order chi connectivity index (χ0) is 20.2. The van der Waals surface area contributed by atoms with E-state index in [4.69, 9.17) is 13.6 Å². The van der Waals surface area contributed by atoms with Gasteiger partial charge in [0.2, 0.25) is 0 Å². The average molecular weight is 393 g/mol. The first-order valence-corrected chi connectivity index (χ1v) is 9.50. The smallest absolute Gasteiger partial charge is 0.257 e. The number of benzene rings is 1. The topological polar surface area (TPSA) is 80.2 Å². The van der Waals surface area contributed by atoms with Crippen molar-refractivity contribution in [1.82, 2.24) is 10.3 Å². The quantitative estimate of drug-likeness (QED) is 0.658. The van der Waals surface area contributed by atoms with Crippen LogP contribution < -0.4 is 10.1 Å². The molecule has 7 heteroatoms. The fourth-order valence-corrected chi connectivity index (χ4v) is 3.36. The number of amides is 1. The van der Waals surface area contributed by atoms with E-state index in [0.717, 1.165) is 22.8 Å². The second-order valence-electron chi connectivity index (χ2n) is 6.87. The van der Waals surface area contributed by atoms with E-state index >= 15 is 0 Å². The van der Waals surface area contributed by atoms with Gasteiger partial charge < -0.3 is 13.6 Å². The second-order valence-corrected chi connectivity index (χ2v) is 6.87. The summed E-state index contributed by atoms with van der Waals surface area (Å²) in [5.41, 5.74) is 1.79. The lowest BCUT2D eigenvalue weighted by Gasteiger charge is -2.21. The summed E-state index contributed by atoms with van der Waals surface area (Å²) in [7, 11) is 1.63. The van der Waals surface area contributed by atoms with Crippen molar-refractivity contribution >= 4 is 11.6 Å². The molecular formula is C22H23N3O4. The van der Waals surface area contributed by atoms with Crippen molar-refractivity contribution in [2.45, 2.75) is 25.4 Å².